The van der Waals surface area contributed by atoms with Gasteiger partial charge in [0.15, 0.2) is 0 Å². The zero-order valence-corrected chi connectivity index (χ0v) is 16.2. The third kappa shape index (κ3) is 3.36. The molecule has 0 bridgehead atoms. The first kappa shape index (κ1) is 18.1. The minimum atomic E-state index is -0.548. The fourth-order valence-corrected chi connectivity index (χ4v) is 3.56. The number of fused-ring (bicyclic) bond motifs is 1. The van der Waals surface area contributed by atoms with Crippen molar-refractivity contribution < 1.29 is 9.53 Å². The molecule has 1 aromatic heterocycles. The lowest BCUT2D eigenvalue weighted by molar-refractivity contribution is -0.139. The van der Waals surface area contributed by atoms with Crippen LogP contribution >= 0.6 is 35.0 Å². The Morgan fingerprint density at radius 1 is 1.44 bits per heavy atom. The number of anilines is 1. The summed E-state index contributed by atoms with van der Waals surface area (Å²) in [7, 11) is 0. The molecular formula is C16H16Cl2N4O2S. The molecule has 0 saturated heterocycles. The van der Waals surface area contributed by atoms with E-state index in [1.807, 2.05) is 6.26 Å². The Hall–Kier alpha value is -1.70. The highest BCUT2D eigenvalue weighted by Crippen LogP contribution is 2.39. The second kappa shape index (κ2) is 7.27. The molecule has 1 aliphatic heterocycles. The number of thioether (sulfide) groups is 1. The highest BCUT2D eigenvalue weighted by Gasteiger charge is 2.36. The van der Waals surface area contributed by atoms with E-state index in [1.165, 1.54) is 11.8 Å². The molecule has 3 rings (SSSR count). The van der Waals surface area contributed by atoms with Gasteiger partial charge >= 0.3 is 5.97 Å². The third-order valence-corrected chi connectivity index (χ3v) is 4.87. The van der Waals surface area contributed by atoms with E-state index in [0.717, 1.165) is 0 Å². The van der Waals surface area contributed by atoms with Gasteiger partial charge in [0.2, 0.25) is 11.1 Å². The van der Waals surface area contributed by atoms with Gasteiger partial charge in [0.1, 0.15) is 6.04 Å². The molecule has 2 heterocycles. The topological polar surface area (TPSA) is 69.0 Å². The Labute approximate surface area is 159 Å². The highest BCUT2D eigenvalue weighted by molar-refractivity contribution is 7.98. The average molecular weight is 399 g/mol. The largest absolute Gasteiger partial charge is 0.463 e. The van der Waals surface area contributed by atoms with E-state index in [2.05, 4.69) is 15.4 Å². The molecule has 0 saturated carbocycles. The van der Waals surface area contributed by atoms with Gasteiger partial charge in [0, 0.05) is 21.3 Å². The van der Waals surface area contributed by atoms with Gasteiger partial charge in [-0.1, -0.05) is 41.0 Å². The van der Waals surface area contributed by atoms with Crippen molar-refractivity contribution in [3.8, 4) is 0 Å². The Morgan fingerprint density at radius 3 is 2.84 bits per heavy atom. The number of ether oxygens (including phenoxy) is 1. The number of hydrogen-bond donors (Lipinski definition) is 1. The molecule has 0 spiro atoms. The number of esters is 1. The Morgan fingerprint density at radius 2 is 2.20 bits per heavy atom. The molecule has 2 aromatic rings. The number of carbonyl (C=O) groups is 1. The normalized spacial score (nSPS) is 16.4. The molecule has 0 fully saturated rings. The van der Waals surface area contributed by atoms with Crippen LogP contribution < -0.4 is 5.32 Å². The molecule has 1 atom stereocenters. The maximum absolute atomic E-state index is 12.6. The second-order valence-electron chi connectivity index (χ2n) is 5.32. The average Bonchev–Trinajstić information content (AvgIpc) is 2.97. The van der Waals surface area contributed by atoms with Crippen molar-refractivity contribution in [2.24, 2.45) is 0 Å². The van der Waals surface area contributed by atoms with Crippen LogP contribution in [-0.2, 0) is 9.53 Å². The maximum atomic E-state index is 12.6. The first-order valence-corrected chi connectivity index (χ1v) is 9.54. The number of benzene rings is 1. The molecule has 1 aliphatic rings. The molecule has 9 heteroatoms. The van der Waals surface area contributed by atoms with Crippen molar-refractivity contribution in [2.75, 3.05) is 18.2 Å². The van der Waals surface area contributed by atoms with Crippen molar-refractivity contribution in [1.82, 2.24) is 14.8 Å². The minimum absolute atomic E-state index is 0.275. The van der Waals surface area contributed by atoms with Gasteiger partial charge in [-0.25, -0.2) is 9.48 Å². The summed E-state index contributed by atoms with van der Waals surface area (Å²) in [6.07, 6.45) is 1.89. The van der Waals surface area contributed by atoms with Gasteiger partial charge in [-0.15, -0.1) is 5.10 Å². The van der Waals surface area contributed by atoms with Gasteiger partial charge in [0.05, 0.1) is 12.2 Å². The monoisotopic (exact) mass is 398 g/mol. The summed E-state index contributed by atoms with van der Waals surface area (Å²) in [4.78, 5) is 17.0. The van der Waals surface area contributed by atoms with Crippen LogP contribution in [0.2, 0.25) is 10.0 Å². The minimum Gasteiger partial charge on any atom is -0.463 e. The quantitative estimate of drug-likeness (QED) is 0.615. The summed E-state index contributed by atoms with van der Waals surface area (Å²) in [5, 5.41) is 9.17. The Bertz CT molecular complexity index is 866. The molecule has 1 N–H and O–H groups in total. The van der Waals surface area contributed by atoms with Crippen LogP contribution in [0.1, 0.15) is 25.5 Å². The fourth-order valence-electron chi connectivity index (χ4n) is 2.70. The van der Waals surface area contributed by atoms with Crippen molar-refractivity contribution >= 4 is 46.9 Å². The lowest BCUT2D eigenvalue weighted by Gasteiger charge is -2.28. The zero-order chi connectivity index (χ0) is 18.1. The predicted molar refractivity (Wildman–Crippen MR) is 99.4 cm³/mol. The summed E-state index contributed by atoms with van der Waals surface area (Å²) in [6, 6.07) is 4.62. The van der Waals surface area contributed by atoms with Crippen LogP contribution in [0.3, 0.4) is 0 Å². The van der Waals surface area contributed by atoms with Gasteiger partial charge < -0.3 is 10.1 Å². The van der Waals surface area contributed by atoms with Crippen molar-refractivity contribution in [1.29, 1.82) is 0 Å². The van der Waals surface area contributed by atoms with E-state index >= 15 is 0 Å². The lowest BCUT2D eigenvalue weighted by Crippen LogP contribution is -2.29. The molecule has 0 aliphatic carbocycles. The Kier molecular flexibility index (Phi) is 5.27. The summed E-state index contributed by atoms with van der Waals surface area (Å²) < 4.78 is 6.90. The zero-order valence-electron chi connectivity index (χ0n) is 13.8. The maximum Gasteiger partial charge on any atom is 0.338 e. The van der Waals surface area contributed by atoms with Crippen molar-refractivity contribution in [2.45, 2.75) is 25.0 Å². The summed E-state index contributed by atoms with van der Waals surface area (Å²) in [6.45, 7) is 3.85. The number of halogens is 2. The second-order valence-corrected chi connectivity index (χ2v) is 6.94. The summed E-state index contributed by atoms with van der Waals surface area (Å²) >= 11 is 13.9. The van der Waals surface area contributed by atoms with E-state index in [1.54, 1.807) is 36.7 Å². The first-order valence-electron chi connectivity index (χ1n) is 7.56. The van der Waals surface area contributed by atoms with Crippen LogP contribution in [0, 0.1) is 0 Å². The number of nitrogens with one attached hydrogen (secondary N) is 1. The number of allylic oxidation sites excluding steroid dienone is 1. The predicted octanol–water partition coefficient (Wildman–Crippen LogP) is 4.16. The van der Waals surface area contributed by atoms with E-state index in [9.17, 15) is 4.79 Å². The van der Waals surface area contributed by atoms with Crippen LogP contribution in [0.4, 0.5) is 5.95 Å². The molecule has 0 radical (unpaired) electrons. The Balaban J connectivity index is 2.20. The van der Waals surface area contributed by atoms with E-state index in [-0.39, 0.29) is 6.61 Å². The van der Waals surface area contributed by atoms with Gasteiger partial charge in [-0.3, -0.25) is 0 Å². The molecule has 132 valence electrons. The SMILES string of the molecule is CCOC(=O)C1=C(C)Nc2nc(SC)nn2C1c1ccc(Cl)cc1Cl. The van der Waals surface area contributed by atoms with Gasteiger partial charge in [-0.05, 0) is 32.2 Å². The highest BCUT2D eigenvalue weighted by atomic mass is 35.5. The standard InChI is InChI=1S/C16H16Cl2N4O2S/c1-4-24-14(23)12-8(2)19-15-20-16(25-3)21-22(15)13(12)10-6-5-9(17)7-11(10)18/h5-7,13H,4H2,1-3H3,(H,19,20,21). The lowest BCUT2D eigenvalue weighted by atomic mass is 9.96. The number of hydrogen-bond acceptors (Lipinski definition) is 6. The summed E-state index contributed by atoms with van der Waals surface area (Å²) in [5.41, 5.74) is 1.80. The smallest absolute Gasteiger partial charge is 0.338 e. The van der Waals surface area contributed by atoms with Crippen LogP contribution in [0.15, 0.2) is 34.6 Å². The number of aromatic nitrogens is 3. The molecule has 1 aromatic carbocycles. The van der Waals surface area contributed by atoms with Gasteiger partial charge in [0.25, 0.3) is 0 Å². The number of rotatable bonds is 4. The first-order chi connectivity index (χ1) is 12.0. The van der Waals surface area contributed by atoms with E-state index in [0.29, 0.717) is 38.0 Å². The molecule has 1 unspecified atom stereocenters. The van der Waals surface area contributed by atoms with Crippen molar-refractivity contribution in [3.63, 3.8) is 0 Å². The fraction of sp³-hybridized carbons (Fsp3) is 0.312. The van der Waals surface area contributed by atoms with Crippen molar-refractivity contribution in [3.05, 3.63) is 45.1 Å². The van der Waals surface area contributed by atoms with Crippen LogP contribution in [0.5, 0.6) is 0 Å². The third-order valence-electron chi connectivity index (χ3n) is 3.77. The van der Waals surface area contributed by atoms with Crippen LogP contribution in [0.25, 0.3) is 0 Å². The molecular weight excluding hydrogens is 383 g/mol. The van der Waals surface area contributed by atoms with E-state index in [4.69, 9.17) is 27.9 Å². The number of nitrogens with zero attached hydrogens (tertiary/aromatic N) is 3. The number of carbonyl (C=O) groups excluding carboxylic acids is 1. The molecule has 6 nitrogen and oxygen atoms in total. The molecule has 25 heavy (non-hydrogen) atoms. The summed E-state index contributed by atoms with van der Waals surface area (Å²) in [5.74, 6) is 0.126. The molecule has 0 amide bonds. The van der Waals surface area contributed by atoms with E-state index < -0.39 is 12.0 Å². The van der Waals surface area contributed by atoms with Gasteiger partial charge in [-0.2, -0.15) is 4.98 Å². The van der Waals surface area contributed by atoms with Crippen LogP contribution in [-0.4, -0.2) is 33.6 Å².